The van der Waals surface area contributed by atoms with Crippen LogP contribution in [0.15, 0.2) is 73.1 Å². The van der Waals surface area contributed by atoms with E-state index in [-0.39, 0.29) is 19.0 Å². The summed E-state index contributed by atoms with van der Waals surface area (Å²) in [5.74, 6) is 0.185. The van der Waals surface area contributed by atoms with E-state index in [2.05, 4.69) is 4.98 Å². The van der Waals surface area contributed by atoms with Gasteiger partial charge in [0.2, 0.25) is 0 Å². The predicted molar refractivity (Wildman–Crippen MR) is 119 cm³/mol. The summed E-state index contributed by atoms with van der Waals surface area (Å²) in [4.78, 5) is 30.7. The lowest BCUT2D eigenvalue weighted by molar-refractivity contribution is -0.141. The lowest BCUT2D eigenvalue weighted by Gasteiger charge is -2.22. The maximum Gasteiger partial charge on any atom is 0.325 e. The summed E-state index contributed by atoms with van der Waals surface area (Å²) in [6, 6.07) is 18.2. The number of rotatable bonds is 10. The summed E-state index contributed by atoms with van der Waals surface area (Å²) in [5.41, 5.74) is 2.22. The van der Waals surface area contributed by atoms with E-state index in [1.165, 1.54) is 12.0 Å². The molecule has 0 bridgehead atoms. The molecule has 0 fully saturated rings. The average Bonchev–Trinajstić information content (AvgIpc) is 2.83. The van der Waals surface area contributed by atoms with Crippen molar-refractivity contribution in [1.82, 2.24) is 9.88 Å². The van der Waals surface area contributed by atoms with Crippen LogP contribution in [0.25, 0.3) is 0 Å². The van der Waals surface area contributed by atoms with Crippen LogP contribution in [0.3, 0.4) is 0 Å². The first-order valence-electron chi connectivity index (χ1n) is 10.3. The number of carbonyl (C=O) groups is 2. The standard InChI is InChI=1S/C25H26N2O5/c1-3-31-23-14-21(11-12-22(23)32-18-20-10-7-13-26-15-20)25(29)27(17-24(28)30-2)16-19-8-5-4-6-9-19/h4-15H,3,16-18H2,1-2H3. The Morgan fingerprint density at radius 2 is 1.72 bits per heavy atom. The molecule has 0 N–H and O–H groups in total. The van der Waals surface area contributed by atoms with Gasteiger partial charge in [-0.2, -0.15) is 0 Å². The van der Waals surface area contributed by atoms with Crippen LogP contribution in [0.5, 0.6) is 11.5 Å². The molecule has 0 atom stereocenters. The van der Waals surface area contributed by atoms with Gasteiger partial charge in [0.05, 0.1) is 13.7 Å². The molecule has 0 unspecified atom stereocenters. The van der Waals surface area contributed by atoms with Crippen molar-refractivity contribution in [3.8, 4) is 11.5 Å². The van der Waals surface area contributed by atoms with E-state index in [1.807, 2.05) is 49.4 Å². The molecule has 0 saturated heterocycles. The van der Waals surface area contributed by atoms with Gasteiger partial charge in [-0.1, -0.05) is 36.4 Å². The highest BCUT2D eigenvalue weighted by Crippen LogP contribution is 2.30. The number of esters is 1. The van der Waals surface area contributed by atoms with Crippen molar-refractivity contribution in [2.24, 2.45) is 0 Å². The van der Waals surface area contributed by atoms with Gasteiger partial charge in [0.1, 0.15) is 13.2 Å². The van der Waals surface area contributed by atoms with Gasteiger partial charge in [-0.3, -0.25) is 14.6 Å². The van der Waals surface area contributed by atoms with Gasteiger partial charge in [0.25, 0.3) is 5.91 Å². The second-order valence-corrected chi connectivity index (χ2v) is 6.97. The smallest absolute Gasteiger partial charge is 0.325 e. The molecule has 0 saturated carbocycles. The van der Waals surface area contributed by atoms with Crippen molar-refractivity contribution in [1.29, 1.82) is 0 Å². The number of benzene rings is 2. The number of pyridine rings is 1. The van der Waals surface area contributed by atoms with E-state index < -0.39 is 5.97 Å². The molecule has 0 aliphatic rings. The topological polar surface area (TPSA) is 78.0 Å². The minimum atomic E-state index is -0.490. The van der Waals surface area contributed by atoms with Crippen LogP contribution in [0, 0.1) is 0 Å². The number of methoxy groups -OCH3 is 1. The van der Waals surface area contributed by atoms with Gasteiger partial charge in [-0.25, -0.2) is 0 Å². The number of ether oxygens (including phenoxy) is 3. The van der Waals surface area contributed by atoms with E-state index in [9.17, 15) is 9.59 Å². The molecule has 3 rings (SSSR count). The van der Waals surface area contributed by atoms with Crippen LogP contribution in [0.4, 0.5) is 0 Å². The lowest BCUT2D eigenvalue weighted by atomic mass is 10.1. The largest absolute Gasteiger partial charge is 0.490 e. The monoisotopic (exact) mass is 434 g/mol. The third kappa shape index (κ3) is 6.31. The normalized spacial score (nSPS) is 10.3. The van der Waals surface area contributed by atoms with Crippen LogP contribution in [-0.4, -0.2) is 42.0 Å². The molecular weight excluding hydrogens is 408 g/mol. The van der Waals surface area contributed by atoms with E-state index in [4.69, 9.17) is 14.2 Å². The van der Waals surface area contributed by atoms with E-state index in [1.54, 1.807) is 30.6 Å². The van der Waals surface area contributed by atoms with E-state index in [0.717, 1.165) is 11.1 Å². The highest BCUT2D eigenvalue weighted by atomic mass is 16.5. The fraction of sp³-hybridized carbons (Fsp3) is 0.240. The average molecular weight is 434 g/mol. The number of aromatic nitrogens is 1. The third-order valence-electron chi connectivity index (χ3n) is 4.66. The summed E-state index contributed by atoms with van der Waals surface area (Å²) >= 11 is 0. The Kier molecular flexibility index (Phi) is 8.20. The van der Waals surface area contributed by atoms with Crippen LogP contribution in [0.1, 0.15) is 28.4 Å². The number of hydrogen-bond acceptors (Lipinski definition) is 6. The highest BCUT2D eigenvalue weighted by molar-refractivity contribution is 5.96. The number of carbonyl (C=O) groups excluding carboxylic acids is 2. The molecule has 7 nitrogen and oxygen atoms in total. The summed E-state index contributed by atoms with van der Waals surface area (Å²) in [5, 5.41) is 0. The highest BCUT2D eigenvalue weighted by Gasteiger charge is 2.21. The zero-order valence-electron chi connectivity index (χ0n) is 18.2. The molecule has 7 heteroatoms. The summed E-state index contributed by atoms with van der Waals surface area (Å²) in [6.07, 6.45) is 3.43. The van der Waals surface area contributed by atoms with Gasteiger partial charge in [0, 0.05) is 30.1 Å². The second-order valence-electron chi connectivity index (χ2n) is 6.97. The van der Waals surface area contributed by atoms with Gasteiger partial charge in [-0.15, -0.1) is 0 Å². The minimum absolute atomic E-state index is 0.159. The van der Waals surface area contributed by atoms with E-state index >= 15 is 0 Å². The molecule has 1 heterocycles. The van der Waals surface area contributed by atoms with Crippen molar-refractivity contribution in [2.75, 3.05) is 20.3 Å². The van der Waals surface area contributed by atoms with Crippen molar-refractivity contribution in [2.45, 2.75) is 20.1 Å². The maximum absolute atomic E-state index is 13.3. The molecule has 0 aliphatic heterocycles. The molecule has 3 aromatic rings. The molecule has 0 radical (unpaired) electrons. The Morgan fingerprint density at radius 1 is 0.938 bits per heavy atom. The number of nitrogens with zero attached hydrogens (tertiary/aromatic N) is 2. The Labute approximate surface area is 187 Å². The fourth-order valence-electron chi connectivity index (χ4n) is 3.08. The third-order valence-corrected chi connectivity index (χ3v) is 4.66. The summed E-state index contributed by atoms with van der Waals surface area (Å²) in [7, 11) is 1.30. The minimum Gasteiger partial charge on any atom is -0.490 e. The SMILES string of the molecule is CCOc1cc(C(=O)N(CC(=O)OC)Cc2ccccc2)ccc1OCc1cccnc1. The second kappa shape index (κ2) is 11.5. The predicted octanol–water partition coefficient (Wildman–Crippen LogP) is 3.87. The molecule has 0 spiro atoms. The molecular formula is C25H26N2O5. The maximum atomic E-state index is 13.3. The van der Waals surface area contributed by atoms with Gasteiger partial charge in [-0.05, 0) is 36.8 Å². The zero-order valence-corrected chi connectivity index (χ0v) is 18.2. The Hall–Kier alpha value is -3.87. The molecule has 166 valence electrons. The van der Waals surface area contributed by atoms with Crippen LogP contribution >= 0.6 is 0 Å². The number of amides is 1. The van der Waals surface area contributed by atoms with Crippen molar-refractivity contribution in [3.63, 3.8) is 0 Å². The summed E-state index contributed by atoms with van der Waals surface area (Å²) in [6.45, 7) is 2.71. The Morgan fingerprint density at radius 3 is 2.41 bits per heavy atom. The molecule has 0 aliphatic carbocycles. The van der Waals surface area contributed by atoms with Gasteiger partial charge >= 0.3 is 5.97 Å². The fourth-order valence-corrected chi connectivity index (χ4v) is 3.08. The van der Waals surface area contributed by atoms with Crippen molar-refractivity contribution >= 4 is 11.9 Å². The van der Waals surface area contributed by atoms with Crippen molar-refractivity contribution < 1.29 is 23.8 Å². The van der Waals surface area contributed by atoms with Gasteiger partial charge in [0.15, 0.2) is 11.5 Å². The quantitative estimate of drug-likeness (QED) is 0.451. The first-order valence-corrected chi connectivity index (χ1v) is 10.3. The first-order chi connectivity index (χ1) is 15.6. The van der Waals surface area contributed by atoms with Crippen LogP contribution in [0.2, 0.25) is 0 Å². The Bertz CT molecular complexity index is 1030. The molecule has 2 aromatic carbocycles. The van der Waals surface area contributed by atoms with Crippen LogP contribution < -0.4 is 9.47 Å². The van der Waals surface area contributed by atoms with Gasteiger partial charge < -0.3 is 19.1 Å². The first kappa shape index (κ1) is 22.8. The lowest BCUT2D eigenvalue weighted by Crippen LogP contribution is -2.35. The van der Waals surface area contributed by atoms with Crippen LogP contribution in [-0.2, 0) is 22.7 Å². The summed E-state index contributed by atoms with van der Waals surface area (Å²) < 4.78 is 16.4. The Balaban J connectivity index is 1.81. The van der Waals surface area contributed by atoms with E-state index in [0.29, 0.717) is 30.3 Å². The molecule has 32 heavy (non-hydrogen) atoms. The zero-order chi connectivity index (χ0) is 22.8. The van der Waals surface area contributed by atoms with Crippen molar-refractivity contribution in [3.05, 3.63) is 89.7 Å². The molecule has 1 amide bonds. The number of hydrogen-bond donors (Lipinski definition) is 0. The molecule has 1 aromatic heterocycles.